The Kier molecular flexibility index (Phi) is 7.42. The van der Waals surface area contributed by atoms with Crippen molar-refractivity contribution in [2.24, 2.45) is 11.8 Å². The van der Waals surface area contributed by atoms with Gasteiger partial charge in [0.1, 0.15) is 17.4 Å². The molecule has 1 fully saturated rings. The molecule has 1 aliphatic carbocycles. The Labute approximate surface area is 160 Å². The second-order valence-electron chi connectivity index (χ2n) is 6.96. The molecule has 0 aromatic heterocycles. The third kappa shape index (κ3) is 5.85. The second kappa shape index (κ2) is 9.77. The maximum absolute atomic E-state index is 12.1. The average Bonchev–Trinajstić information content (AvgIpc) is 2.68. The number of nitrogens with zero attached hydrogens (tertiary/aromatic N) is 1. The van der Waals surface area contributed by atoms with E-state index in [1.165, 1.54) is 12.5 Å². The third-order valence-electron chi connectivity index (χ3n) is 5.15. The van der Waals surface area contributed by atoms with Crippen LogP contribution in [-0.2, 0) is 14.3 Å². The highest BCUT2D eigenvalue weighted by Gasteiger charge is 2.28. The topological polar surface area (TPSA) is 88.4 Å². The molecule has 0 saturated heterocycles. The molecule has 1 aliphatic rings. The van der Waals surface area contributed by atoms with E-state index >= 15 is 0 Å². The van der Waals surface area contributed by atoms with E-state index in [1.807, 2.05) is 6.07 Å². The summed E-state index contributed by atoms with van der Waals surface area (Å²) in [5.41, 5.74) is 0.506. The zero-order valence-electron chi connectivity index (χ0n) is 16.0. The molecule has 6 heteroatoms. The maximum atomic E-state index is 12.1. The molecule has 0 spiro atoms. The summed E-state index contributed by atoms with van der Waals surface area (Å²) in [5.74, 6) is 0.480. The summed E-state index contributed by atoms with van der Waals surface area (Å²) in [7, 11) is 1.56. The molecule has 3 atom stereocenters. The highest BCUT2D eigenvalue weighted by atomic mass is 16.5. The number of amides is 1. The first-order valence-electron chi connectivity index (χ1n) is 9.17. The standard InChI is InChI=1S/C21H26N2O4/c1-14-5-4-6-19(15(14)2)23-20(24)13-27-21(25)17(12-22)11-16-7-9-18(26-3)10-8-16/h7-11,14-15,19H,4-6,13H2,1-3H3,(H,23,24)/b17-11+/t14-,15+,19-/m0/s1. The zero-order chi connectivity index (χ0) is 19.8. The van der Waals surface area contributed by atoms with Crippen molar-refractivity contribution in [3.05, 3.63) is 35.4 Å². The van der Waals surface area contributed by atoms with Gasteiger partial charge in [0.25, 0.3) is 5.91 Å². The average molecular weight is 370 g/mol. The number of methoxy groups -OCH3 is 1. The largest absolute Gasteiger partial charge is 0.497 e. The van der Waals surface area contributed by atoms with Crippen molar-refractivity contribution in [2.45, 2.75) is 39.2 Å². The van der Waals surface area contributed by atoms with Crippen LogP contribution in [0.4, 0.5) is 0 Å². The van der Waals surface area contributed by atoms with Crippen molar-refractivity contribution in [3.63, 3.8) is 0 Å². The number of nitrogens with one attached hydrogen (secondary N) is 1. The molecule has 6 nitrogen and oxygen atoms in total. The Bertz CT molecular complexity index is 734. The minimum Gasteiger partial charge on any atom is -0.497 e. The Morgan fingerprint density at radius 3 is 2.59 bits per heavy atom. The van der Waals surface area contributed by atoms with Crippen LogP contribution in [0, 0.1) is 23.2 Å². The normalized spacial score (nSPS) is 22.4. The van der Waals surface area contributed by atoms with Crippen LogP contribution >= 0.6 is 0 Å². The number of esters is 1. The van der Waals surface area contributed by atoms with Crippen molar-refractivity contribution in [2.75, 3.05) is 13.7 Å². The molecule has 1 N–H and O–H groups in total. The van der Waals surface area contributed by atoms with E-state index in [2.05, 4.69) is 19.2 Å². The lowest BCUT2D eigenvalue weighted by molar-refractivity contribution is -0.144. The van der Waals surface area contributed by atoms with Crippen molar-refractivity contribution in [3.8, 4) is 11.8 Å². The second-order valence-corrected chi connectivity index (χ2v) is 6.96. The van der Waals surface area contributed by atoms with Gasteiger partial charge in [-0.3, -0.25) is 4.79 Å². The maximum Gasteiger partial charge on any atom is 0.349 e. The Balaban J connectivity index is 1.89. The number of rotatable bonds is 6. The molecular formula is C21H26N2O4. The SMILES string of the molecule is COc1ccc(/C=C(\C#N)C(=O)OCC(=O)N[C@H]2CCC[C@H](C)[C@H]2C)cc1. The Morgan fingerprint density at radius 1 is 1.26 bits per heavy atom. The Hall–Kier alpha value is -2.81. The minimum atomic E-state index is -0.812. The monoisotopic (exact) mass is 370 g/mol. The van der Waals surface area contributed by atoms with Crippen LogP contribution in [0.3, 0.4) is 0 Å². The van der Waals surface area contributed by atoms with E-state index in [0.717, 1.165) is 12.8 Å². The van der Waals surface area contributed by atoms with Gasteiger partial charge in [0, 0.05) is 6.04 Å². The van der Waals surface area contributed by atoms with E-state index in [0.29, 0.717) is 23.1 Å². The van der Waals surface area contributed by atoms with E-state index in [-0.39, 0.29) is 17.5 Å². The van der Waals surface area contributed by atoms with Crippen LogP contribution in [0.25, 0.3) is 6.08 Å². The van der Waals surface area contributed by atoms with E-state index in [9.17, 15) is 14.9 Å². The van der Waals surface area contributed by atoms with Gasteiger partial charge >= 0.3 is 5.97 Å². The molecule has 0 heterocycles. The smallest absolute Gasteiger partial charge is 0.349 e. The van der Waals surface area contributed by atoms with Crippen LogP contribution in [0.1, 0.15) is 38.7 Å². The van der Waals surface area contributed by atoms with Gasteiger partial charge in [-0.05, 0) is 42.0 Å². The lowest BCUT2D eigenvalue weighted by Crippen LogP contribution is -2.45. The first-order valence-corrected chi connectivity index (χ1v) is 9.17. The number of carbonyl (C=O) groups excluding carboxylic acids is 2. The summed E-state index contributed by atoms with van der Waals surface area (Å²) >= 11 is 0. The van der Waals surface area contributed by atoms with Gasteiger partial charge in [0.15, 0.2) is 6.61 Å². The van der Waals surface area contributed by atoms with Crippen LogP contribution in [-0.4, -0.2) is 31.6 Å². The van der Waals surface area contributed by atoms with Crippen molar-refractivity contribution < 1.29 is 19.1 Å². The van der Waals surface area contributed by atoms with Gasteiger partial charge in [-0.1, -0.05) is 38.8 Å². The molecule has 0 radical (unpaired) electrons. The van der Waals surface area contributed by atoms with Gasteiger partial charge in [0.2, 0.25) is 0 Å². The fourth-order valence-electron chi connectivity index (χ4n) is 3.25. The van der Waals surface area contributed by atoms with Crippen molar-refractivity contribution >= 4 is 18.0 Å². The molecule has 0 bridgehead atoms. The molecular weight excluding hydrogens is 344 g/mol. The molecule has 0 aliphatic heterocycles. The van der Waals surface area contributed by atoms with Crippen LogP contribution < -0.4 is 10.1 Å². The van der Waals surface area contributed by atoms with E-state index < -0.39 is 12.6 Å². The Morgan fingerprint density at radius 2 is 1.96 bits per heavy atom. The molecule has 1 saturated carbocycles. The fraction of sp³-hybridized carbons (Fsp3) is 0.476. The third-order valence-corrected chi connectivity index (χ3v) is 5.15. The first-order chi connectivity index (χ1) is 12.9. The number of hydrogen-bond acceptors (Lipinski definition) is 5. The highest BCUT2D eigenvalue weighted by molar-refractivity contribution is 5.98. The number of benzene rings is 1. The highest BCUT2D eigenvalue weighted by Crippen LogP contribution is 2.29. The predicted octanol–water partition coefficient (Wildman–Crippen LogP) is 3.09. The van der Waals surface area contributed by atoms with Crippen LogP contribution in [0.15, 0.2) is 29.8 Å². The van der Waals surface area contributed by atoms with Gasteiger partial charge in [-0.25, -0.2) is 4.79 Å². The van der Waals surface area contributed by atoms with Crippen molar-refractivity contribution in [1.29, 1.82) is 5.26 Å². The zero-order valence-corrected chi connectivity index (χ0v) is 16.0. The fourth-order valence-corrected chi connectivity index (χ4v) is 3.25. The molecule has 27 heavy (non-hydrogen) atoms. The number of carbonyl (C=O) groups is 2. The summed E-state index contributed by atoms with van der Waals surface area (Å²) in [6.07, 6.45) is 4.61. The minimum absolute atomic E-state index is 0.102. The molecule has 1 aromatic rings. The number of hydrogen-bond donors (Lipinski definition) is 1. The molecule has 0 unspecified atom stereocenters. The number of nitriles is 1. The lowest BCUT2D eigenvalue weighted by atomic mass is 9.78. The van der Waals surface area contributed by atoms with Gasteiger partial charge in [0.05, 0.1) is 7.11 Å². The summed E-state index contributed by atoms with van der Waals surface area (Å²) in [6.45, 7) is 3.93. The summed E-state index contributed by atoms with van der Waals surface area (Å²) < 4.78 is 10.1. The van der Waals surface area contributed by atoms with Gasteiger partial charge in [-0.2, -0.15) is 5.26 Å². The molecule has 1 aromatic carbocycles. The van der Waals surface area contributed by atoms with Gasteiger partial charge < -0.3 is 14.8 Å². The van der Waals surface area contributed by atoms with E-state index in [4.69, 9.17) is 9.47 Å². The summed E-state index contributed by atoms with van der Waals surface area (Å²) in [4.78, 5) is 24.2. The lowest BCUT2D eigenvalue weighted by Gasteiger charge is -2.34. The van der Waals surface area contributed by atoms with Crippen LogP contribution in [0.2, 0.25) is 0 Å². The van der Waals surface area contributed by atoms with Crippen LogP contribution in [0.5, 0.6) is 5.75 Å². The molecule has 1 amide bonds. The summed E-state index contributed by atoms with van der Waals surface area (Å²) in [5, 5.41) is 12.1. The number of ether oxygens (including phenoxy) is 2. The van der Waals surface area contributed by atoms with E-state index in [1.54, 1.807) is 31.4 Å². The van der Waals surface area contributed by atoms with Gasteiger partial charge in [-0.15, -0.1) is 0 Å². The summed E-state index contributed by atoms with van der Waals surface area (Å²) in [6, 6.07) is 8.83. The first kappa shape index (κ1) is 20.5. The molecule has 144 valence electrons. The quantitative estimate of drug-likeness (QED) is 0.472. The predicted molar refractivity (Wildman–Crippen MR) is 102 cm³/mol. The van der Waals surface area contributed by atoms with Crippen molar-refractivity contribution in [1.82, 2.24) is 5.32 Å². The molecule has 2 rings (SSSR count).